The molecule has 5 nitrogen and oxygen atoms in total. The Kier molecular flexibility index (Phi) is 5.17. The van der Waals surface area contributed by atoms with E-state index in [2.05, 4.69) is 26.2 Å². The van der Waals surface area contributed by atoms with Crippen molar-refractivity contribution in [3.63, 3.8) is 0 Å². The van der Waals surface area contributed by atoms with Crippen LogP contribution in [0.25, 0.3) is 0 Å². The first kappa shape index (κ1) is 15.8. The van der Waals surface area contributed by atoms with Crippen LogP contribution >= 0.6 is 27.5 Å². The number of hydrogen-bond donors (Lipinski definition) is 3. The van der Waals surface area contributed by atoms with Crippen LogP contribution in [0.15, 0.2) is 41.0 Å². The van der Waals surface area contributed by atoms with Crippen molar-refractivity contribution in [1.82, 2.24) is 4.98 Å². The Morgan fingerprint density at radius 1 is 1.43 bits per heavy atom. The van der Waals surface area contributed by atoms with Gasteiger partial charge in [0.15, 0.2) is 5.15 Å². The number of amides is 1. The van der Waals surface area contributed by atoms with Crippen molar-refractivity contribution in [1.29, 1.82) is 0 Å². The maximum absolute atomic E-state index is 12.1. The summed E-state index contributed by atoms with van der Waals surface area (Å²) in [6, 6.07) is 7.46. The molecule has 0 aliphatic rings. The number of nitrogens with zero attached hydrogens (tertiary/aromatic N) is 1. The van der Waals surface area contributed by atoms with Gasteiger partial charge in [-0.1, -0.05) is 23.7 Å². The molecule has 0 aliphatic heterocycles. The number of rotatable bonds is 4. The van der Waals surface area contributed by atoms with Gasteiger partial charge in [0.2, 0.25) is 5.91 Å². The highest BCUT2D eigenvalue weighted by molar-refractivity contribution is 9.10. The van der Waals surface area contributed by atoms with E-state index < -0.39 is 6.04 Å². The predicted octanol–water partition coefficient (Wildman–Crippen LogP) is 2.71. The Bertz CT molecular complexity index is 649. The lowest BCUT2D eigenvalue weighted by Crippen LogP contribution is -2.37. The number of phenols is 1. The van der Waals surface area contributed by atoms with Gasteiger partial charge in [-0.15, -0.1) is 0 Å². The molecule has 110 valence electrons. The molecule has 0 spiro atoms. The molecule has 1 unspecified atom stereocenters. The monoisotopic (exact) mass is 369 g/mol. The molecule has 1 amide bonds. The van der Waals surface area contributed by atoms with Crippen LogP contribution in [0.1, 0.15) is 5.56 Å². The fourth-order valence-corrected chi connectivity index (χ4v) is 2.20. The largest absolute Gasteiger partial charge is 0.508 e. The Morgan fingerprint density at radius 2 is 2.10 bits per heavy atom. The second kappa shape index (κ2) is 6.89. The summed E-state index contributed by atoms with van der Waals surface area (Å²) < 4.78 is 0.703. The number of pyridine rings is 1. The van der Waals surface area contributed by atoms with Crippen LogP contribution < -0.4 is 11.1 Å². The number of halogens is 2. The first-order valence-corrected chi connectivity index (χ1v) is 7.28. The van der Waals surface area contributed by atoms with E-state index in [9.17, 15) is 9.90 Å². The number of benzene rings is 1. The van der Waals surface area contributed by atoms with Crippen molar-refractivity contribution in [2.45, 2.75) is 12.5 Å². The fourth-order valence-electron chi connectivity index (χ4n) is 1.71. The molecule has 0 radical (unpaired) electrons. The van der Waals surface area contributed by atoms with E-state index in [0.29, 0.717) is 16.6 Å². The van der Waals surface area contributed by atoms with Crippen LogP contribution in [0, 0.1) is 0 Å². The molecule has 0 aliphatic carbocycles. The van der Waals surface area contributed by atoms with E-state index >= 15 is 0 Å². The summed E-state index contributed by atoms with van der Waals surface area (Å²) in [7, 11) is 0. The van der Waals surface area contributed by atoms with Gasteiger partial charge in [0, 0.05) is 10.7 Å². The van der Waals surface area contributed by atoms with Gasteiger partial charge in [-0.05, 0) is 46.1 Å². The summed E-state index contributed by atoms with van der Waals surface area (Å²) in [5.74, 6) is -0.186. The Labute approximate surface area is 135 Å². The van der Waals surface area contributed by atoms with Crippen LogP contribution in [-0.4, -0.2) is 22.0 Å². The zero-order valence-electron chi connectivity index (χ0n) is 10.9. The number of phenolic OH excluding ortho intramolecular Hbond substituents is 1. The molecule has 4 N–H and O–H groups in total. The molecule has 0 fully saturated rings. The second-order valence-corrected chi connectivity index (χ2v) is 5.73. The Morgan fingerprint density at radius 3 is 2.76 bits per heavy atom. The number of aromatic nitrogens is 1. The zero-order chi connectivity index (χ0) is 15.4. The quantitative estimate of drug-likeness (QED) is 0.722. The third-order valence-electron chi connectivity index (χ3n) is 2.79. The van der Waals surface area contributed by atoms with E-state index in [0.717, 1.165) is 5.56 Å². The average molecular weight is 371 g/mol. The molecule has 2 rings (SSSR count). The average Bonchev–Trinajstić information content (AvgIpc) is 2.45. The number of carbonyl (C=O) groups excluding carboxylic acids is 1. The van der Waals surface area contributed by atoms with Gasteiger partial charge in [0.25, 0.3) is 0 Å². The first-order chi connectivity index (χ1) is 9.95. The molecule has 0 saturated heterocycles. The number of carbonyl (C=O) groups is 1. The Hall–Kier alpha value is -1.63. The molecule has 2 aromatic rings. The summed E-state index contributed by atoms with van der Waals surface area (Å²) in [4.78, 5) is 16.0. The number of nitrogens with one attached hydrogen (secondary N) is 1. The molecule has 1 heterocycles. The van der Waals surface area contributed by atoms with Gasteiger partial charge in [0.1, 0.15) is 5.75 Å². The maximum Gasteiger partial charge on any atom is 0.241 e. The molecule has 1 aromatic heterocycles. The summed E-state index contributed by atoms with van der Waals surface area (Å²) in [6.07, 6.45) is 1.89. The number of aromatic hydroxyl groups is 1. The smallest absolute Gasteiger partial charge is 0.241 e. The third-order valence-corrected chi connectivity index (χ3v) is 3.53. The summed E-state index contributed by atoms with van der Waals surface area (Å²) >= 11 is 9.16. The lowest BCUT2D eigenvalue weighted by molar-refractivity contribution is -0.117. The van der Waals surface area contributed by atoms with Gasteiger partial charge in [-0.2, -0.15) is 0 Å². The minimum Gasteiger partial charge on any atom is -0.508 e. The number of nitrogens with two attached hydrogens (primary N) is 1. The molecule has 1 atom stereocenters. The lowest BCUT2D eigenvalue weighted by atomic mass is 10.1. The highest BCUT2D eigenvalue weighted by Crippen LogP contribution is 2.23. The normalized spacial score (nSPS) is 12.0. The highest BCUT2D eigenvalue weighted by atomic mass is 79.9. The molecular weight excluding hydrogens is 358 g/mol. The topological polar surface area (TPSA) is 88.2 Å². The first-order valence-electron chi connectivity index (χ1n) is 6.11. The standard InChI is InChI=1S/C14H13BrClN3O2/c15-9-6-12(13(16)18-7-9)19-14(21)11(17)5-8-1-3-10(20)4-2-8/h1-4,6-7,11,20H,5,17H2,(H,19,21). The minimum absolute atomic E-state index is 0.170. The summed E-state index contributed by atoms with van der Waals surface area (Å²) in [5, 5.41) is 12.1. The highest BCUT2D eigenvalue weighted by Gasteiger charge is 2.16. The molecule has 21 heavy (non-hydrogen) atoms. The zero-order valence-corrected chi connectivity index (χ0v) is 13.2. The summed E-state index contributed by atoms with van der Waals surface area (Å²) in [6.45, 7) is 0. The lowest BCUT2D eigenvalue weighted by Gasteiger charge is -2.13. The van der Waals surface area contributed by atoms with Crippen molar-refractivity contribution in [2.75, 3.05) is 5.32 Å². The van der Waals surface area contributed by atoms with E-state index in [1.165, 1.54) is 6.20 Å². The summed E-state index contributed by atoms with van der Waals surface area (Å²) in [5.41, 5.74) is 7.13. The molecule has 0 saturated carbocycles. The van der Waals surface area contributed by atoms with Crippen LogP contribution in [0.5, 0.6) is 5.75 Å². The van der Waals surface area contributed by atoms with Crippen molar-refractivity contribution in [3.05, 3.63) is 51.7 Å². The van der Waals surface area contributed by atoms with Crippen molar-refractivity contribution < 1.29 is 9.90 Å². The molecule has 0 bridgehead atoms. The molecule has 1 aromatic carbocycles. The van der Waals surface area contributed by atoms with Gasteiger partial charge < -0.3 is 16.2 Å². The van der Waals surface area contributed by atoms with Crippen molar-refractivity contribution in [3.8, 4) is 5.75 Å². The van der Waals surface area contributed by atoms with Crippen molar-refractivity contribution in [2.24, 2.45) is 5.73 Å². The SMILES string of the molecule is NC(Cc1ccc(O)cc1)C(=O)Nc1cc(Br)cnc1Cl. The minimum atomic E-state index is -0.732. The van der Waals surface area contributed by atoms with Gasteiger partial charge >= 0.3 is 0 Å². The van der Waals surface area contributed by atoms with E-state index in [1.807, 2.05) is 0 Å². The molecule has 7 heteroatoms. The van der Waals surface area contributed by atoms with Crippen LogP contribution in [0.3, 0.4) is 0 Å². The van der Waals surface area contributed by atoms with Crippen molar-refractivity contribution >= 4 is 39.1 Å². The van der Waals surface area contributed by atoms with E-state index in [-0.39, 0.29) is 16.8 Å². The van der Waals surface area contributed by atoms with Crippen LogP contribution in [0.2, 0.25) is 5.15 Å². The molecular formula is C14H13BrClN3O2. The van der Waals surface area contributed by atoms with Gasteiger partial charge in [0.05, 0.1) is 11.7 Å². The van der Waals surface area contributed by atoms with Gasteiger partial charge in [-0.3, -0.25) is 4.79 Å². The fraction of sp³-hybridized carbons (Fsp3) is 0.143. The predicted molar refractivity (Wildman–Crippen MR) is 85.4 cm³/mol. The Balaban J connectivity index is 2.02. The van der Waals surface area contributed by atoms with E-state index in [4.69, 9.17) is 17.3 Å². The third kappa shape index (κ3) is 4.42. The van der Waals surface area contributed by atoms with Crippen LogP contribution in [-0.2, 0) is 11.2 Å². The second-order valence-electron chi connectivity index (χ2n) is 4.46. The van der Waals surface area contributed by atoms with E-state index in [1.54, 1.807) is 30.3 Å². The maximum atomic E-state index is 12.1. The number of hydrogen-bond acceptors (Lipinski definition) is 4. The number of anilines is 1. The van der Waals surface area contributed by atoms with Crippen LogP contribution in [0.4, 0.5) is 5.69 Å². The van der Waals surface area contributed by atoms with Gasteiger partial charge in [-0.25, -0.2) is 4.98 Å².